The molecule has 10 rings (SSSR count). The van der Waals surface area contributed by atoms with E-state index in [1.807, 2.05) is 34.5 Å². The van der Waals surface area contributed by atoms with Crippen molar-refractivity contribution in [1.29, 1.82) is 5.26 Å². The Morgan fingerprint density at radius 2 is 1.09 bits per heavy atom. The molecule has 0 aliphatic carbocycles. The molecule has 3 N–H and O–H groups in total. The second-order valence-corrected chi connectivity index (χ2v) is 28.8. The zero-order chi connectivity index (χ0) is 56.9. The van der Waals surface area contributed by atoms with Crippen molar-refractivity contribution in [3.05, 3.63) is 94.7 Å². The second kappa shape index (κ2) is 34.2. The average molecular weight is 1300 g/mol. The van der Waals surface area contributed by atoms with Gasteiger partial charge in [0.2, 0.25) is 0 Å². The normalized spacial score (nSPS) is 23.0. The van der Waals surface area contributed by atoms with E-state index in [9.17, 15) is 35.5 Å². The fraction of sp³-hybridized carbons (Fsp3) is 0.577. The number of hydrogen-bond acceptors (Lipinski definition) is 21. The zero-order valence-electron chi connectivity index (χ0n) is 48.4. The minimum Gasteiger partial charge on any atom is -1.00 e. The number of sulfonamides is 2. The Morgan fingerprint density at radius 3 is 1.44 bits per heavy atom. The Kier molecular flexibility index (Phi) is 31.6. The first kappa shape index (κ1) is 74.7. The number of nitriles is 1. The summed E-state index contributed by atoms with van der Waals surface area (Å²) in [5.41, 5.74) is 1.62. The number of thiophene rings is 2. The van der Waals surface area contributed by atoms with E-state index in [4.69, 9.17) is 29.0 Å². The van der Waals surface area contributed by atoms with Gasteiger partial charge < -0.3 is 51.3 Å². The Labute approximate surface area is 579 Å². The Hall–Kier alpha value is -0.587. The maximum absolute atomic E-state index is 13.2. The fourth-order valence-corrected chi connectivity index (χ4v) is 15.9. The SMILES string of the molecule is C1NC[C@H]2COC[C@@H]12.CC#N.CC(C)(O)c1ccc(N2CCN(S(=O)(=O)c3cccs3)C[C@@H]2CN2C[C@H]3COC[C@H]3C2)cc1.CC(C)(O)c1ccc(N2CCN(S(=O)(=O)c3cccs3)C[C@@H]2COS(C)(=O)=O)cc1.Cl.O=CO[O-].[H-].[K+].[K+]. The first-order chi connectivity index (χ1) is 36.9. The molecule has 6 aliphatic heterocycles. The summed E-state index contributed by atoms with van der Waals surface area (Å²) in [6.45, 7) is 19.3. The molecule has 0 saturated carbocycles. The number of carbonyl (C=O) groups is 1. The summed E-state index contributed by atoms with van der Waals surface area (Å²) in [5, 5.41) is 43.1. The third-order valence-electron chi connectivity index (χ3n) is 14.3. The molecule has 2 aromatic heterocycles. The van der Waals surface area contributed by atoms with Crippen LogP contribution in [0.1, 0.15) is 47.2 Å². The van der Waals surface area contributed by atoms with Gasteiger partial charge in [0.05, 0.1) is 68.6 Å². The van der Waals surface area contributed by atoms with Crippen LogP contribution in [0.3, 0.4) is 0 Å². The molecule has 21 nitrogen and oxygen atoms in total. The number of piperazine rings is 2. The molecular formula is C52H76ClK2N7O14S5. The molecule has 0 radical (unpaired) electrons. The van der Waals surface area contributed by atoms with Crippen molar-refractivity contribution >= 4 is 83.1 Å². The topological polar surface area (TPSA) is 272 Å². The van der Waals surface area contributed by atoms with Crippen LogP contribution < -0.4 is 123 Å². The van der Waals surface area contributed by atoms with Gasteiger partial charge in [-0.3, -0.25) is 8.98 Å². The van der Waals surface area contributed by atoms with Gasteiger partial charge in [0, 0.05) is 114 Å². The maximum atomic E-state index is 13.2. The van der Waals surface area contributed by atoms with E-state index in [-0.39, 0.29) is 153 Å². The van der Waals surface area contributed by atoms with Gasteiger partial charge in [-0.2, -0.15) is 22.3 Å². The number of fused-ring (bicyclic) bond motifs is 2. The van der Waals surface area contributed by atoms with Crippen LogP contribution in [0.2, 0.25) is 0 Å². The Bertz CT molecular complexity index is 2860. The zero-order valence-corrected chi connectivity index (χ0v) is 58.5. The summed E-state index contributed by atoms with van der Waals surface area (Å²) in [7, 11) is -10.8. The molecule has 6 aliphatic rings. The number of halogens is 1. The quantitative estimate of drug-likeness (QED) is 0.0391. The van der Waals surface area contributed by atoms with E-state index < -0.39 is 47.4 Å². The molecule has 6 fully saturated rings. The molecule has 8 heterocycles. The van der Waals surface area contributed by atoms with Crippen LogP contribution in [0.15, 0.2) is 92.0 Å². The summed E-state index contributed by atoms with van der Waals surface area (Å²) >= 11 is 2.43. The summed E-state index contributed by atoms with van der Waals surface area (Å²) in [6, 6.07) is 23.4. The van der Waals surface area contributed by atoms with Crippen molar-refractivity contribution in [3.8, 4) is 6.07 Å². The average Bonchev–Trinajstić information content (AvgIpc) is 4.26. The predicted octanol–water partition coefficient (Wildman–Crippen LogP) is -2.38. The molecule has 0 spiro atoms. The summed E-state index contributed by atoms with van der Waals surface area (Å²) in [5.74, 6) is 2.88. The van der Waals surface area contributed by atoms with Crippen molar-refractivity contribution in [1.82, 2.24) is 18.8 Å². The number of hydrogen-bond donors (Lipinski definition) is 3. The minimum atomic E-state index is -3.68. The van der Waals surface area contributed by atoms with Gasteiger partial charge in [-0.05, 0) is 86.0 Å². The van der Waals surface area contributed by atoms with Crippen LogP contribution in [0.5, 0.6) is 0 Å². The van der Waals surface area contributed by atoms with Gasteiger partial charge in [0.1, 0.15) is 8.42 Å². The van der Waals surface area contributed by atoms with E-state index >= 15 is 0 Å². The third-order valence-corrected chi connectivity index (χ3v) is 21.4. The fourth-order valence-electron chi connectivity index (χ4n) is 10.2. The molecule has 81 heavy (non-hydrogen) atoms. The summed E-state index contributed by atoms with van der Waals surface area (Å²) < 4.78 is 95.1. The van der Waals surface area contributed by atoms with Crippen molar-refractivity contribution in [2.24, 2.45) is 23.7 Å². The molecule has 442 valence electrons. The molecule has 0 unspecified atom stereocenters. The number of aliphatic hydroxyl groups is 2. The molecule has 2 aromatic carbocycles. The summed E-state index contributed by atoms with van der Waals surface area (Å²) in [4.78, 5) is 18.0. The van der Waals surface area contributed by atoms with Gasteiger partial charge in [-0.15, -0.1) is 35.1 Å². The number of nitrogens with zero attached hydrogens (tertiary/aromatic N) is 6. The molecular weight excluding hydrogens is 1220 g/mol. The molecule has 4 aromatic rings. The number of benzene rings is 2. The van der Waals surface area contributed by atoms with Crippen LogP contribution in [0, 0.1) is 35.0 Å². The van der Waals surface area contributed by atoms with E-state index in [0.717, 1.165) is 98.0 Å². The minimum absolute atomic E-state index is 0. The number of ether oxygens (including phenoxy) is 2. The second-order valence-electron chi connectivity index (χ2n) is 20.9. The Morgan fingerprint density at radius 1 is 0.704 bits per heavy atom. The largest absolute Gasteiger partial charge is 1.00 e. The number of carbonyl (C=O) groups excluding carboxylic acids is 1. The molecule has 6 atom stereocenters. The van der Waals surface area contributed by atoms with Crippen LogP contribution in [0.25, 0.3) is 0 Å². The van der Waals surface area contributed by atoms with E-state index in [1.54, 1.807) is 79.8 Å². The standard InChI is InChI=1S/C24H33N3O4S2.C19H26N2O6S3.C6H11NO.C2H3N.CH2O3.ClH.2K.H/c1-24(2,28)20-5-7-21(8-6-20)27-10-9-26(33(29,30)23-4-3-11-32-23)15-22(27)14-25-12-18-16-31-17-19(18)13-25;1-19(2,22)15-6-8-16(9-7-15)21-11-10-20(13-17(21)14-27-29(3,23)24)30(25,26)18-5-4-12-28-18;1-5-3-8-4-6(5)2-7-1;1-2-3;2-1-4-3;;;;/h3-8,11,18-19,22,28H,9-10,12-17H2,1-2H3;4-9,12,17,22H,10-11,13-14H2,1-3H3;5-7H,1-4H2;1H3;1,3H;1H;;;/q;;;;;;2*+1;-1/p-1/t18-,19+,22-;17-;5-,6+;;;;;;/m01......./s1. The predicted molar refractivity (Wildman–Crippen MR) is 304 cm³/mol. The van der Waals surface area contributed by atoms with E-state index in [2.05, 4.69) is 32.1 Å². The summed E-state index contributed by atoms with van der Waals surface area (Å²) in [6.07, 6.45) is 0.971. The smallest absolute Gasteiger partial charge is 1.00 e. The van der Waals surface area contributed by atoms with Crippen LogP contribution in [-0.4, -0.2) is 179 Å². The number of anilines is 2. The van der Waals surface area contributed by atoms with Gasteiger partial charge in [0.15, 0.2) is 0 Å². The monoisotopic (exact) mass is 1300 g/mol. The van der Waals surface area contributed by atoms with Gasteiger partial charge in [-0.1, -0.05) is 36.4 Å². The Balaban J connectivity index is 0.000000430. The number of likely N-dealkylation sites (tertiary alicyclic amines) is 1. The van der Waals surface area contributed by atoms with Crippen molar-refractivity contribution in [3.63, 3.8) is 0 Å². The van der Waals surface area contributed by atoms with Crippen molar-refractivity contribution < 1.29 is 168 Å². The van der Waals surface area contributed by atoms with Crippen molar-refractivity contribution in [2.45, 2.75) is 66.3 Å². The van der Waals surface area contributed by atoms with Gasteiger partial charge in [-0.25, -0.2) is 16.8 Å². The molecule has 0 amide bonds. The van der Waals surface area contributed by atoms with E-state index in [1.165, 1.54) is 35.7 Å². The third kappa shape index (κ3) is 21.6. The van der Waals surface area contributed by atoms with Gasteiger partial charge in [0.25, 0.3) is 36.6 Å². The van der Waals surface area contributed by atoms with Crippen molar-refractivity contribution in [2.75, 3.05) is 121 Å². The maximum Gasteiger partial charge on any atom is 1.00 e. The number of rotatable bonds is 14. The first-order valence-electron chi connectivity index (χ1n) is 25.6. The van der Waals surface area contributed by atoms with Gasteiger partial charge >= 0.3 is 103 Å². The molecule has 6 saturated heterocycles. The van der Waals surface area contributed by atoms with Crippen LogP contribution in [-0.2, 0) is 64.7 Å². The number of nitrogens with one attached hydrogen (secondary N) is 1. The van der Waals surface area contributed by atoms with E-state index in [0.29, 0.717) is 42.2 Å². The van der Waals surface area contributed by atoms with Crippen LogP contribution >= 0.6 is 35.1 Å². The van der Waals surface area contributed by atoms with Crippen LogP contribution in [0.4, 0.5) is 11.4 Å². The first-order valence-corrected chi connectivity index (χ1v) is 32.1. The molecule has 29 heteroatoms. The molecule has 0 bridgehead atoms.